The molecule has 1 saturated heterocycles. The SMILES string of the molecule is C/C=C1/NC(c2ccccc2)(c2cccc(NC(=O)COCCOC)c2)C(=O)C12CC2C. The highest BCUT2D eigenvalue weighted by atomic mass is 16.5. The molecule has 4 rings (SSSR count). The number of ether oxygens (including phenoxy) is 2. The number of anilines is 1. The van der Waals surface area contributed by atoms with Gasteiger partial charge in [-0.15, -0.1) is 0 Å². The number of methoxy groups -OCH3 is 1. The van der Waals surface area contributed by atoms with Crippen LogP contribution in [0.4, 0.5) is 5.69 Å². The van der Waals surface area contributed by atoms with Crippen molar-refractivity contribution in [2.45, 2.75) is 25.8 Å². The molecule has 1 saturated carbocycles. The Morgan fingerprint density at radius 3 is 2.50 bits per heavy atom. The molecule has 1 amide bonds. The molecule has 168 valence electrons. The molecule has 1 heterocycles. The Balaban J connectivity index is 1.68. The predicted octanol–water partition coefficient (Wildman–Crippen LogP) is 3.63. The fourth-order valence-electron chi connectivity index (χ4n) is 4.87. The first-order valence-corrected chi connectivity index (χ1v) is 11.0. The summed E-state index contributed by atoms with van der Waals surface area (Å²) in [7, 11) is 1.58. The molecule has 2 aliphatic rings. The summed E-state index contributed by atoms with van der Waals surface area (Å²) >= 11 is 0. The van der Waals surface area contributed by atoms with Crippen molar-refractivity contribution in [3.05, 3.63) is 77.5 Å². The zero-order chi connectivity index (χ0) is 22.8. The number of amides is 1. The summed E-state index contributed by atoms with van der Waals surface area (Å²) in [5, 5.41) is 6.49. The maximum atomic E-state index is 14.1. The minimum Gasteiger partial charge on any atom is -0.382 e. The molecule has 1 aliphatic heterocycles. The van der Waals surface area contributed by atoms with Crippen molar-refractivity contribution in [2.75, 3.05) is 32.2 Å². The van der Waals surface area contributed by atoms with Gasteiger partial charge in [0.15, 0.2) is 5.78 Å². The van der Waals surface area contributed by atoms with Crippen molar-refractivity contribution in [1.82, 2.24) is 5.32 Å². The van der Waals surface area contributed by atoms with E-state index in [0.717, 1.165) is 23.2 Å². The lowest BCUT2D eigenvalue weighted by molar-refractivity contribution is -0.125. The highest BCUT2D eigenvalue weighted by molar-refractivity contribution is 6.05. The third-order valence-corrected chi connectivity index (χ3v) is 6.60. The van der Waals surface area contributed by atoms with E-state index in [2.05, 4.69) is 17.6 Å². The van der Waals surface area contributed by atoms with Gasteiger partial charge in [0.05, 0.1) is 18.6 Å². The molecule has 6 heteroatoms. The van der Waals surface area contributed by atoms with E-state index in [1.54, 1.807) is 7.11 Å². The number of Topliss-reactive ketones (excluding diaryl/α,β-unsaturated/α-hetero) is 1. The normalized spacial score (nSPS) is 27.5. The van der Waals surface area contributed by atoms with Gasteiger partial charge in [0.2, 0.25) is 5.91 Å². The summed E-state index contributed by atoms with van der Waals surface area (Å²) in [4.78, 5) is 26.4. The van der Waals surface area contributed by atoms with E-state index >= 15 is 0 Å². The van der Waals surface area contributed by atoms with Gasteiger partial charge in [0.25, 0.3) is 0 Å². The zero-order valence-electron chi connectivity index (χ0n) is 18.8. The minimum absolute atomic E-state index is 0.0576. The number of carbonyl (C=O) groups is 2. The van der Waals surface area contributed by atoms with Gasteiger partial charge in [-0.1, -0.05) is 55.5 Å². The molecule has 3 unspecified atom stereocenters. The van der Waals surface area contributed by atoms with Gasteiger partial charge < -0.3 is 20.1 Å². The number of carbonyl (C=O) groups excluding carboxylic acids is 2. The summed E-state index contributed by atoms with van der Waals surface area (Å²) < 4.78 is 10.2. The first-order valence-electron chi connectivity index (χ1n) is 11.0. The number of rotatable bonds is 8. The van der Waals surface area contributed by atoms with Gasteiger partial charge in [0, 0.05) is 18.5 Å². The molecule has 2 N–H and O–H groups in total. The van der Waals surface area contributed by atoms with Crippen LogP contribution < -0.4 is 10.6 Å². The quantitative estimate of drug-likeness (QED) is 0.621. The van der Waals surface area contributed by atoms with Gasteiger partial charge in [0.1, 0.15) is 12.1 Å². The van der Waals surface area contributed by atoms with Crippen LogP contribution >= 0.6 is 0 Å². The summed E-state index contributed by atoms with van der Waals surface area (Å²) in [5.41, 5.74) is 1.86. The molecule has 3 atom stereocenters. The molecule has 0 radical (unpaired) electrons. The van der Waals surface area contributed by atoms with Crippen LogP contribution in [0.5, 0.6) is 0 Å². The zero-order valence-corrected chi connectivity index (χ0v) is 18.8. The van der Waals surface area contributed by atoms with E-state index in [0.29, 0.717) is 24.8 Å². The van der Waals surface area contributed by atoms with E-state index < -0.39 is 11.0 Å². The maximum Gasteiger partial charge on any atom is 0.250 e. The summed E-state index contributed by atoms with van der Waals surface area (Å²) in [6.45, 7) is 4.83. The fraction of sp³-hybridized carbons (Fsp3) is 0.385. The minimum atomic E-state index is -0.996. The van der Waals surface area contributed by atoms with Crippen LogP contribution in [-0.4, -0.2) is 38.6 Å². The molecule has 32 heavy (non-hydrogen) atoms. The Kier molecular flexibility index (Phi) is 6.17. The molecule has 2 aromatic carbocycles. The largest absolute Gasteiger partial charge is 0.382 e. The van der Waals surface area contributed by atoms with Crippen LogP contribution in [0.15, 0.2) is 66.4 Å². The van der Waals surface area contributed by atoms with Gasteiger partial charge in [-0.3, -0.25) is 9.59 Å². The highest BCUT2D eigenvalue weighted by Crippen LogP contribution is 2.65. The van der Waals surface area contributed by atoms with E-state index in [4.69, 9.17) is 9.47 Å². The van der Waals surface area contributed by atoms with E-state index in [-0.39, 0.29) is 18.3 Å². The van der Waals surface area contributed by atoms with Crippen molar-refractivity contribution in [3.8, 4) is 0 Å². The van der Waals surface area contributed by atoms with Crippen LogP contribution in [0.1, 0.15) is 31.4 Å². The highest BCUT2D eigenvalue weighted by Gasteiger charge is 2.70. The van der Waals surface area contributed by atoms with E-state index in [9.17, 15) is 9.59 Å². The summed E-state index contributed by atoms with van der Waals surface area (Å²) in [5.74, 6) is 0.216. The summed E-state index contributed by atoms with van der Waals surface area (Å²) in [6.07, 6.45) is 2.87. The standard InChI is InChI=1S/C26H30N2O4/c1-4-22-25(16-18(25)2)24(30)26(28-22,19-9-6-5-7-10-19)20-11-8-12-21(15-20)27-23(29)17-32-14-13-31-3/h4-12,15,18,28H,13-14,16-17H2,1-3H3,(H,27,29)/b22-4+. The molecule has 2 fully saturated rings. The van der Waals surface area contributed by atoms with Crippen molar-refractivity contribution >= 4 is 17.4 Å². The second-order valence-corrected chi connectivity index (χ2v) is 8.52. The second-order valence-electron chi connectivity index (χ2n) is 8.52. The lowest BCUT2D eigenvalue weighted by atomic mass is 9.77. The van der Waals surface area contributed by atoms with Crippen molar-refractivity contribution in [3.63, 3.8) is 0 Å². The number of hydrogen-bond donors (Lipinski definition) is 2. The molecule has 1 aliphatic carbocycles. The Bertz CT molecular complexity index is 1040. The number of benzene rings is 2. The molecular weight excluding hydrogens is 404 g/mol. The lowest BCUT2D eigenvalue weighted by Gasteiger charge is -2.30. The number of allylic oxidation sites excluding steroid dienone is 2. The molecule has 0 bridgehead atoms. The number of hydrogen-bond acceptors (Lipinski definition) is 5. The maximum absolute atomic E-state index is 14.1. The Labute approximate surface area is 189 Å². The number of ketones is 1. The predicted molar refractivity (Wildman–Crippen MR) is 123 cm³/mol. The lowest BCUT2D eigenvalue weighted by Crippen LogP contribution is -2.44. The van der Waals surface area contributed by atoms with E-state index in [1.165, 1.54) is 0 Å². The van der Waals surface area contributed by atoms with Crippen molar-refractivity contribution in [2.24, 2.45) is 11.3 Å². The molecule has 0 aromatic heterocycles. The summed E-state index contributed by atoms with van der Waals surface area (Å²) in [6, 6.07) is 17.3. The Hall–Kier alpha value is -2.96. The van der Waals surface area contributed by atoms with Crippen LogP contribution in [0.2, 0.25) is 0 Å². The molecule has 2 aromatic rings. The first kappa shape index (κ1) is 22.2. The molecule has 1 spiro atoms. The number of nitrogens with one attached hydrogen (secondary N) is 2. The molecule has 6 nitrogen and oxygen atoms in total. The monoisotopic (exact) mass is 434 g/mol. The second kappa shape index (κ2) is 8.88. The average Bonchev–Trinajstić information content (AvgIpc) is 3.42. The smallest absolute Gasteiger partial charge is 0.250 e. The fourth-order valence-corrected chi connectivity index (χ4v) is 4.87. The third kappa shape index (κ3) is 3.63. The Morgan fingerprint density at radius 1 is 1.16 bits per heavy atom. The average molecular weight is 435 g/mol. The third-order valence-electron chi connectivity index (χ3n) is 6.60. The van der Waals surface area contributed by atoms with Gasteiger partial charge in [-0.2, -0.15) is 0 Å². The van der Waals surface area contributed by atoms with Crippen molar-refractivity contribution in [1.29, 1.82) is 0 Å². The van der Waals surface area contributed by atoms with Gasteiger partial charge >= 0.3 is 0 Å². The van der Waals surface area contributed by atoms with Gasteiger partial charge in [-0.05, 0) is 42.5 Å². The van der Waals surface area contributed by atoms with Crippen LogP contribution in [0, 0.1) is 11.3 Å². The van der Waals surface area contributed by atoms with Crippen LogP contribution in [-0.2, 0) is 24.6 Å². The van der Waals surface area contributed by atoms with Crippen LogP contribution in [0.25, 0.3) is 0 Å². The molecular formula is C26H30N2O4. The van der Waals surface area contributed by atoms with E-state index in [1.807, 2.05) is 67.6 Å². The Morgan fingerprint density at radius 2 is 1.88 bits per heavy atom. The van der Waals surface area contributed by atoms with Crippen molar-refractivity contribution < 1.29 is 19.1 Å². The van der Waals surface area contributed by atoms with Crippen LogP contribution in [0.3, 0.4) is 0 Å². The first-order chi connectivity index (χ1) is 15.5. The topological polar surface area (TPSA) is 76.7 Å². The van der Waals surface area contributed by atoms with Gasteiger partial charge in [-0.25, -0.2) is 0 Å².